The van der Waals surface area contributed by atoms with Gasteiger partial charge in [-0.05, 0) is 25.0 Å². The highest BCUT2D eigenvalue weighted by Gasteiger charge is 2.54. The fourth-order valence-corrected chi connectivity index (χ4v) is 7.80. The van der Waals surface area contributed by atoms with Crippen molar-refractivity contribution in [2.24, 2.45) is 39.5 Å². The summed E-state index contributed by atoms with van der Waals surface area (Å²) in [5, 5.41) is 68.2. The summed E-state index contributed by atoms with van der Waals surface area (Å²) in [4.78, 5) is 3.00. The number of hydrogen-bond acceptors (Lipinski definition) is 21. The molecule has 4 aliphatic rings. The molecule has 51 heavy (non-hydrogen) atoms. The van der Waals surface area contributed by atoms with Crippen molar-refractivity contribution in [2.75, 3.05) is 31.1 Å². The first-order valence-electron chi connectivity index (χ1n) is 17.4. The number of nitrogens with one attached hydrogen (secondary N) is 1. The van der Waals surface area contributed by atoms with Gasteiger partial charge in [-0.3, -0.25) is 0 Å². The van der Waals surface area contributed by atoms with Gasteiger partial charge < -0.3 is 93.5 Å². The number of nitrogens with two attached hydrogens (primary N) is 6. The van der Waals surface area contributed by atoms with Gasteiger partial charge in [-0.15, -0.1) is 0 Å². The highest BCUT2D eigenvalue weighted by molar-refractivity contribution is 7.99. The van der Waals surface area contributed by atoms with Gasteiger partial charge in [-0.25, -0.2) is 0 Å². The Labute approximate surface area is 300 Å². The van der Waals surface area contributed by atoms with E-state index in [0.717, 1.165) is 31.4 Å². The number of aliphatic hydroxyl groups is 6. The van der Waals surface area contributed by atoms with Crippen LogP contribution in [0, 0.1) is 5.53 Å². The Kier molecular flexibility index (Phi) is 16.8. The van der Waals surface area contributed by atoms with Crippen LogP contribution in [0.3, 0.4) is 0 Å². The summed E-state index contributed by atoms with van der Waals surface area (Å²) >= 11 is 1.55. The topological polar surface area (TPSA) is 383 Å². The van der Waals surface area contributed by atoms with Crippen LogP contribution in [0.2, 0.25) is 0 Å². The third kappa shape index (κ3) is 10.4. The molecule has 3 saturated heterocycles. The molecule has 3 heterocycles. The maximum absolute atomic E-state index is 11.6. The van der Waals surface area contributed by atoms with E-state index in [-0.39, 0.29) is 19.5 Å². The van der Waals surface area contributed by atoms with E-state index in [2.05, 4.69) is 10.0 Å². The number of aliphatic hydroxyl groups excluding tert-OH is 6. The van der Waals surface area contributed by atoms with Crippen molar-refractivity contribution >= 4 is 11.8 Å². The van der Waals surface area contributed by atoms with E-state index in [4.69, 9.17) is 68.4 Å². The van der Waals surface area contributed by atoms with Gasteiger partial charge in [0, 0.05) is 30.9 Å². The fraction of sp³-hybridized carbons (Fsp3) is 1.00. The molecule has 1 saturated carbocycles. The lowest BCUT2D eigenvalue weighted by molar-refractivity contribution is -0.306. The molecule has 4 fully saturated rings. The zero-order valence-electron chi connectivity index (χ0n) is 28.4. The van der Waals surface area contributed by atoms with Crippen molar-refractivity contribution in [1.82, 2.24) is 4.91 Å². The van der Waals surface area contributed by atoms with Crippen LogP contribution < -0.4 is 39.3 Å². The summed E-state index contributed by atoms with van der Waals surface area (Å²) in [6.45, 7) is 0.223. The standard InChI is InChI=1S/C29H58N9O12S/c30-8-13-19(40)21(42)16(34)27(45-13)48-24-12(33)7-11(32)18(39)26(24)50-29-23(44)25(49-28-17(35)22(43)20(41)14(9-31)46-28)15(47-29)10-51-6-4-2-1-3-5-37-38-36/h11-29,36,39-44H,1-10,30-35H2/q+1. The van der Waals surface area contributed by atoms with Crippen molar-refractivity contribution < 1.29 is 59.1 Å². The summed E-state index contributed by atoms with van der Waals surface area (Å²) in [5.74, 6) is 1.08. The van der Waals surface area contributed by atoms with Gasteiger partial charge in [0.05, 0.1) is 24.3 Å². The molecule has 0 spiro atoms. The van der Waals surface area contributed by atoms with Crippen LogP contribution in [0.5, 0.6) is 0 Å². The first-order valence-corrected chi connectivity index (χ1v) is 18.5. The minimum Gasteiger partial charge on any atom is -0.389 e. The van der Waals surface area contributed by atoms with E-state index < -0.39 is 116 Å². The summed E-state index contributed by atoms with van der Waals surface area (Å²) in [5.41, 5.74) is 43.1. The molecule has 0 aromatic carbocycles. The largest absolute Gasteiger partial charge is 0.389 e. The van der Waals surface area contributed by atoms with Crippen molar-refractivity contribution in [3.05, 3.63) is 0 Å². The fourth-order valence-electron chi connectivity index (χ4n) is 6.72. The zero-order chi connectivity index (χ0) is 37.4. The van der Waals surface area contributed by atoms with E-state index in [0.29, 0.717) is 12.3 Å². The molecule has 3 aliphatic heterocycles. The Morgan fingerprint density at radius 1 is 0.627 bits per heavy atom. The van der Waals surface area contributed by atoms with Crippen LogP contribution in [-0.4, -0.2) is 178 Å². The van der Waals surface area contributed by atoms with Crippen molar-refractivity contribution in [3.63, 3.8) is 0 Å². The van der Waals surface area contributed by atoms with Gasteiger partial charge in [0.2, 0.25) is 4.91 Å². The number of hydrogen-bond donors (Lipinski definition) is 13. The minimum atomic E-state index is -1.49. The SMILES string of the molecule is N=[N+]=NCCCCCCSCC1OC(OC2C(O)C(N)CC(N)C2OC2OC(CN)C(O)C(O)C2N)C(O)C1OC1OC(CN)C(O)C(O)C1N. The van der Waals surface area contributed by atoms with Crippen molar-refractivity contribution in [2.45, 2.75) is 148 Å². The average Bonchev–Trinajstić information content (AvgIpc) is 3.40. The highest BCUT2D eigenvalue weighted by atomic mass is 32.2. The predicted octanol–water partition coefficient (Wildman–Crippen LogP) is -6.04. The zero-order valence-corrected chi connectivity index (χ0v) is 29.3. The van der Waals surface area contributed by atoms with Crippen molar-refractivity contribution in [1.29, 1.82) is 5.53 Å². The molecule has 21 nitrogen and oxygen atoms in total. The number of thioether (sulfide) groups is 1. The molecule has 22 heteroatoms. The third-order valence-corrected chi connectivity index (χ3v) is 11.0. The lowest BCUT2D eigenvalue weighted by Crippen LogP contribution is -2.68. The van der Waals surface area contributed by atoms with Gasteiger partial charge in [-0.2, -0.15) is 11.8 Å². The Morgan fingerprint density at radius 2 is 1.16 bits per heavy atom. The van der Waals surface area contributed by atoms with E-state index in [1.165, 1.54) is 0 Å². The number of unbranched alkanes of at least 4 members (excludes halogenated alkanes) is 3. The molecule has 19 unspecified atom stereocenters. The Morgan fingerprint density at radius 3 is 1.73 bits per heavy atom. The number of nitrogens with zero attached hydrogens (tertiary/aromatic N) is 2. The third-order valence-electron chi connectivity index (χ3n) is 9.84. The summed E-state index contributed by atoms with van der Waals surface area (Å²) in [6.07, 6.45) is -15.1. The van der Waals surface area contributed by atoms with Gasteiger partial charge in [-0.1, -0.05) is 12.8 Å². The summed E-state index contributed by atoms with van der Waals surface area (Å²) in [7, 11) is 0. The molecule has 0 radical (unpaired) electrons. The monoisotopic (exact) mass is 756 g/mol. The Bertz CT molecular complexity index is 1110. The highest BCUT2D eigenvalue weighted by Crippen LogP contribution is 2.35. The molecule has 0 aromatic rings. The molecule has 19 atom stereocenters. The molecule has 19 N–H and O–H groups in total. The molecule has 1 aliphatic carbocycles. The normalized spacial score (nSPS) is 46.2. The molecule has 0 amide bonds. The van der Waals surface area contributed by atoms with Crippen LogP contribution in [0.25, 0.3) is 0 Å². The van der Waals surface area contributed by atoms with Crippen LogP contribution in [0.4, 0.5) is 0 Å². The smallest absolute Gasteiger partial charge is 0.214 e. The quantitative estimate of drug-likeness (QED) is 0.0373. The maximum Gasteiger partial charge on any atom is 0.214 e. The number of rotatable bonds is 17. The maximum atomic E-state index is 11.6. The van der Waals surface area contributed by atoms with Crippen LogP contribution in [0.15, 0.2) is 5.11 Å². The van der Waals surface area contributed by atoms with Gasteiger partial charge in [0.25, 0.3) is 0 Å². The molecule has 0 bridgehead atoms. The van der Waals surface area contributed by atoms with Crippen LogP contribution in [-0.2, 0) is 28.4 Å². The lowest BCUT2D eigenvalue weighted by atomic mass is 9.84. The van der Waals surface area contributed by atoms with E-state index >= 15 is 0 Å². The molecular formula is C29H58N9O12S+. The van der Waals surface area contributed by atoms with E-state index in [9.17, 15) is 30.6 Å². The second-order valence-electron chi connectivity index (χ2n) is 13.5. The molecule has 296 valence electrons. The molecular weight excluding hydrogens is 698 g/mol. The summed E-state index contributed by atoms with van der Waals surface area (Å²) < 4.78 is 36.2. The predicted molar refractivity (Wildman–Crippen MR) is 179 cm³/mol. The Hall–Kier alpha value is -1.06. The van der Waals surface area contributed by atoms with Gasteiger partial charge in [0.15, 0.2) is 18.9 Å². The number of ether oxygens (including phenoxy) is 6. The molecule has 0 aromatic heterocycles. The summed E-state index contributed by atoms with van der Waals surface area (Å²) in [6, 6.07) is -4.09. The van der Waals surface area contributed by atoms with Crippen molar-refractivity contribution in [3.8, 4) is 0 Å². The Balaban J connectivity index is 1.49. The van der Waals surface area contributed by atoms with Gasteiger partial charge >= 0.3 is 0 Å². The van der Waals surface area contributed by atoms with E-state index in [1.54, 1.807) is 11.8 Å². The van der Waals surface area contributed by atoms with Crippen LogP contribution in [0.1, 0.15) is 32.1 Å². The lowest BCUT2D eigenvalue weighted by Gasteiger charge is -2.47. The van der Waals surface area contributed by atoms with E-state index in [1.807, 2.05) is 0 Å². The average molecular weight is 757 g/mol. The first kappa shape index (κ1) is 42.7. The second-order valence-corrected chi connectivity index (χ2v) is 14.7. The molecule has 4 rings (SSSR count). The first-order chi connectivity index (χ1) is 24.3. The van der Waals surface area contributed by atoms with Gasteiger partial charge in [0.1, 0.15) is 78.2 Å². The second kappa shape index (κ2) is 20.0. The minimum absolute atomic E-state index is 0.111. The van der Waals surface area contributed by atoms with Crippen LogP contribution >= 0.6 is 11.8 Å².